The van der Waals surface area contributed by atoms with E-state index < -0.39 is 17.9 Å². The van der Waals surface area contributed by atoms with E-state index in [4.69, 9.17) is 0 Å². The Labute approximate surface area is 205 Å². The number of hydrogen-bond donors (Lipinski definition) is 3. The smallest absolute Gasteiger partial charge is 0.338 e. The maximum absolute atomic E-state index is 13.9. The van der Waals surface area contributed by atoms with E-state index in [1.807, 2.05) is 13.0 Å². The molecule has 7 nitrogen and oxygen atoms in total. The largest absolute Gasteiger partial charge is 0.434 e. The van der Waals surface area contributed by atoms with Crippen molar-refractivity contribution in [3.8, 4) is 21.7 Å². The molecule has 0 spiro atoms. The van der Waals surface area contributed by atoms with Gasteiger partial charge < -0.3 is 10.6 Å². The second-order valence-electron chi connectivity index (χ2n) is 8.50. The van der Waals surface area contributed by atoms with Gasteiger partial charge in [-0.1, -0.05) is 12.8 Å². The van der Waals surface area contributed by atoms with Crippen LogP contribution in [-0.2, 0) is 12.7 Å². The van der Waals surface area contributed by atoms with Crippen molar-refractivity contribution in [1.29, 1.82) is 0 Å². The summed E-state index contributed by atoms with van der Waals surface area (Å²) in [6.07, 6.45) is 4.38. The molecule has 1 aliphatic carbocycles. The molecule has 0 atom stereocenters. The van der Waals surface area contributed by atoms with Crippen LogP contribution in [0, 0.1) is 6.92 Å². The number of rotatable bonds is 7. The summed E-state index contributed by atoms with van der Waals surface area (Å²) in [5.41, 5.74) is 1.74. The fourth-order valence-electron chi connectivity index (χ4n) is 4.13. The third kappa shape index (κ3) is 6.15. The lowest BCUT2D eigenvalue weighted by atomic mass is 10.0. The SMILES string of the molecule is CCNC(=O)Nc1cc(-c2nc(C(F)(F)F)c(CNC3CCCC3)s2)c(-c2cncc(C)c2)cn1. The lowest BCUT2D eigenvalue weighted by Crippen LogP contribution is -2.28. The van der Waals surface area contributed by atoms with Gasteiger partial charge in [0.25, 0.3) is 0 Å². The minimum Gasteiger partial charge on any atom is -0.338 e. The Morgan fingerprint density at radius 2 is 1.91 bits per heavy atom. The van der Waals surface area contributed by atoms with Crippen molar-refractivity contribution < 1.29 is 18.0 Å². The van der Waals surface area contributed by atoms with E-state index in [1.165, 1.54) is 6.20 Å². The number of pyridine rings is 2. The minimum absolute atomic E-state index is 0.105. The molecule has 3 aromatic rings. The number of carbonyl (C=O) groups excluding carboxylic acids is 1. The second-order valence-corrected chi connectivity index (χ2v) is 9.59. The summed E-state index contributed by atoms with van der Waals surface area (Å²) in [4.78, 5) is 24.7. The number of nitrogens with zero attached hydrogens (tertiary/aromatic N) is 3. The van der Waals surface area contributed by atoms with Gasteiger partial charge in [-0.05, 0) is 44.4 Å². The Balaban J connectivity index is 1.77. The zero-order valence-corrected chi connectivity index (χ0v) is 20.3. The standard InChI is InChI=1S/C24H27F3N6OS/c1-3-29-23(34)32-20-9-17(18(12-31-20)15-8-14(2)10-28-11-15)22-33-21(24(25,26)27)19(35-22)13-30-16-6-4-5-7-16/h8-12,16,30H,3-7,13H2,1-2H3,(H2,29,31,32,34). The van der Waals surface area contributed by atoms with Crippen LogP contribution in [0.4, 0.5) is 23.8 Å². The summed E-state index contributed by atoms with van der Waals surface area (Å²) in [5.74, 6) is 0.213. The van der Waals surface area contributed by atoms with Gasteiger partial charge in [0.2, 0.25) is 0 Å². The molecule has 3 aromatic heterocycles. The van der Waals surface area contributed by atoms with Crippen LogP contribution in [0.15, 0.2) is 30.7 Å². The topological polar surface area (TPSA) is 91.8 Å². The highest BCUT2D eigenvalue weighted by molar-refractivity contribution is 7.15. The molecule has 0 unspecified atom stereocenters. The molecular formula is C24H27F3N6OS. The number of alkyl halides is 3. The van der Waals surface area contributed by atoms with Gasteiger partial charge >= 0.3 is 12.2 Å². The molecule has 0 radical (unpaired) electrons. The number of aromatic nitrogens is 3. The van der Waals surface area contributed by atoms with Gasteiger partial charge in [-0.25, -0.2) is 14.8 Å². The van der Waals surface area contributed by atoms with Crippen molar-refractivity contribution in [2.75, 3.05) is 11.9 Å². The number of hydrogen-bond acceptors (Lipinski definition) is 6. The lowest BCUT2D eigenvalue weighted by Gasteiger charge is -2.12. The Kier molecular flexibility index (Phi) is 7.66. The summed E-state index contributed by atoms with van der Waals surface area (Å²) in [7, 11) is 0. The van der Waals surface area contributed by atoms with Gasteiger partial charge in [0.15, 0.2) is 5.69 Å². The van der Waals surface area contributed by atoms with E-state index in [0.29, 0.717) is 23.2 Å². The van der Waals surface area contributed by atoms with Crippen molar-refractivity contribution in [3.63, 3.8) is 0 Å². The van der Waals surface area contributed by atoms with E-state index in [0.717, 1.165) is 42.6 Å². The third-order valence-electron chi connectivity index (χ3n) is 5.77. The summed E-state index contributed by atoms with van der Waals surface area (Å²) in [6, 6.07) is 3.21. The second kappa shape index (κ2) is 10.7. The molecule has 1 fully saturated rings. The highest BCUT2D eigenvalue weighted by Crippen LogP contribution is 2.41. The molecule has 0 aliphatic heterocycles. The third-order valence-corrected chi connectivity index (χ3v) is 6.86. The molecule has 0 saturated heterocycles. The van der Waals surface area contributed by atoms with Gasteiger partial charge in [0.1, 0.15) is 10.8 Å². The summed E-state index contributed by atoms with van der Waals surface area (Å²) >= 11 is 1.00. The van der Waals surface area contributed by atoms with Gasteiger partial charge in [-0.3, -0.25) is 10.3 Å². The molecule has 35 heavy (non-hydrogen) atoms. The van der Waals surface area contributed by atoms with Crippen LogP contribution in [0.3, 0.4) is 0 Å². The van der Waals surface area contributed by atoms with Gasteiger partial charge in [0.05, 0.1) is 4.88 Å². The van der Waals surface area contributed by atoms with Crippen molar-refractivity contribution >= 4 is 23.2 Å². The first-order valence-corrected chi connectivity index (χ1v) is 12.3. The lowest BCUT2D eigenvalue weighted by molar-refractivity contribution is -0.141. The molecule has 1 aliphatic rings. The molecule has 186 valence electrons. The molecular weight excluding hydrogens is 477 g/mol. The number of urea groups is 1. The molecule has 2 amide bonds. The van der Waals surface area contributed by atoms with Crippen LogP contribution in [0.2, 0.25) is 0 Å². The van der Waals surface area contributed by atoms with Crippen LogP contribution in [0.25, 0.3) is 21.7 Å². The summed E-state index contributed by atoms with van der Waals surface area (Å²) < 4.78 is 41.8. The quantitative estimate of drug-likeness (QED) is 0.380. The van der Waals surface area contributed by atoms with Crippen LogP contribution >= 0.6 is 11.3 Å². The Morgan fingerprint density at radius 3 is 2.60 bits per heavy atom. The molecule has 0 aromatic carbocycles. The number of halogens is 3. The first-order chi connectivity index (χ1) is 16.7. The first-order valence-electron chi connectivity index (χ1n) is 11.5. The maximum Gasteiger partial charge on any atom is 0.434 e. The minimum atomic E-state index is -4.58. The molecule has 3 N–H and O–H groups in total. The molecule has 3 heterocycles. The molecule has 4 rings (SSSR count). The Bertz CT molecular complexity index is 1190. The predicted molar refractivity (Wildman–Crippen MR) is 130 cm³/mol. The Hall–Kier alpha value is -3.05. The van der Waals surface area contributed by atoms with Crippen LogP contribution < -0.4 is 16.0 Å². The summed E-state index contributed by atoms with van der Waals surface area (Å²) in [5, 5.41) is 8.71. The highest BCUT2D eigenvalue weighted by atomic mass is 32.1. The van der Waals surface area contributed by atoms with E-state index >= 15 is 0 Å². The highest BCUT2D eigenvalue weighted by Gasteiger charge is 2.38. The Morgan fingerprint density at radius 1 is 1.14 bits per heavy atom. The van der Waals surface area contributed by atoms with Crippen molar-refractivity contribution in [1.82, 2.24) is 25.6 Å². The normalized spacial score (nSPS) is 14.3. The fraction of sp³-hybridized carbons (Fsp3) is 0.417. The first kappa shape index (κ1) is 25.1. The molecule has 11 heteroatoms. The monoisotopic (exact) mass is 504 g/mol. The van der Waals surface area contributed by atoms with E-state index in [-0.39, 0.29) is 28.3 Å². The summed E-state index contributed by atoms with van der Waals surface area (Å²) in [6.45, 7) is 4.19. The van der Waals surface area contributed by atoms with Crippen molar-refractivity contribution in [2.45, 2.75) is 58.3 Å². The average molecular weight is 505 g/mol. The number of thiazole rings is 1. The van der Waals surface area contributed by atoms with E-state index in [2.05, 4.69) is 30.9 Å². The number of aryl methyl sites for hydroxylation is 1. The van der Waals surface area contributed by atoms with Gasteiger partial charge in [-0.2, -0.15) is 13.2 Å². The fourth-order valence-corrected chi connectivity index (χ4v) is 5.19. The number of anilines is 1. The van der Waals surface area contributed by atoms with Crippen LogP contribution in [0.5, 0.6) is 0 Å². The zero-order chi connectivity index (χ0) is 25.0. The number of amides is 2. The zero-order valence-electron chi connectivity index (χ0n) is 19.5. The van der Waals surface area contributed by atoms with Crippen LogP contribution in [-0.4, -0.2) is 33.6 Å². The van der Waals surface area contributed by atoms with Gasteiger partial charge in [0, 0.05) is 54.4 Å². The molecule has 1 saturated carbocycles. The number of carbonyl (C=O) groups is 1. The molecule has 0 bridgehead atoms. The predicted octanol–water partition coefficient (Wildman–Crippen LogP) is 5.77. The van der Waals surface area contributed by atoms with Crippen LogP contribution in [0.1, 0.15) is 48.7 Å². The van der Waals surface area contributed by atoms with Crippen molar-refractivity contribution in [2.24, 2.45) is 0 Å². The average Bonchev–Trinajstić information content (AvgIpc) is 3.47. The van der Waals surface area contributed by atoms with Crippen molar-refractivity contribution in [3.05, 3.63) is 46.9 Å². The van der Waals surface area contributed by atoms with E-state index in [9.17, 15) is 18.0 Å². The number of nitrogens with one attached hydrogen (secondary N) is 3. The maximum atomic E-state index is 13.9. The van der Waals surface area contributed by atoms with E-state index in [1.54, 1.807) is 25.4 Å². The van der Waals surface area contributed by atoms with Gasteiger partial charge in [-0.15, -0.1) is 11.3 Å².